The lowest BCUT2D eigenvalue weighted by molar-refractivity contribution is 0.0956. The number of carbonyl (C=O) groups is 1. The number of rotatable bonds is 8. The second kappa shape index (κ2) is 10.9. The summed E-state index contributed by atoms with van der Waals surface area (Å²) >= 11 is 0. The molecule has 0 spiro atoms. The van der Waals surface area contributed by atoms with Gasteiger partial charge in [-0.3, -0.25) is 4.79 Å². The number of aliphatic imine (C=N–C) groups is 1. The maximum atomic E-state index is 11.8. The fraction of sp³-hybridized carbons (Fsp3) is 0.333. The van der Waals surface area contributed by atoms with Gasteiger partial charge in [0.05, 0.1) is 6.54 Å². The maximum Gasteiger partial charge on any atom is 0.251 e. The average molecular weight is 352 g/mol. The Morgan fingerprint density at radius 1 is 0.846 bits per heavy atom. The van der Waals surface area contributed by atoms with Crippen molar-refractivity contribution < 1.29 is 4.79 Å². The normalized spacial score (nSPS) is 11.1. The van der Waals surface area contributed by atoms with E-state index in [2.05, 4.69) is 52.1 Å². The topological polar surface area (TPSA) is 65.5 Å². The Morgan fingerprint density at radius 3 is 2.19 bits per heavy atom. The Morgan fingerprint density at radius 2 is 1.54 bits per heavy atom. The van der Waals surface area contributed by atoms with Gasteiger partial charge in [-0.1, -0.05) is 42.5 Å². The lowest BCUT2D eigenvalue weighted by Crippen LogP contribution is -2.38. The number of amides is 1. The molecular weight excluding hydrogens is 324 g/mol. The minimum Gasteiger partial charge on any atom is -0.357 e. The highest BCUT2D eigenvalue weighted by Gasteiger charge is 2.03. The second-order valence-electron chi connectivity index (χ2n) is 5.91. The fourth-order valence-corrected chi connectivity index (χ4v) is 2.51. The van der Waals surface area contributed by atoms with Crippen molar-refractivity contribution in [1.29, 1.82) is 0 Å². The van der Waals surface area contributed by atoms with Crippen molar-refractivity contribution in [2.45, 2.75) is 26.8 Å². The monoisotopic (exact) mass is 352 g/mol. The number of hydrogen-bond acceptors (Lipinski definition) is 2. The molecule has 0 aliphatic carbocycles. The molecule has 0 unspecified atom stereocenters. The molecule has 0 bridgehead atoms. The highest BCUT2D eigenvalue weighted by atomic mass is 16.1. The van der Waals surface area contributed by atoms with Crippen LogP contribution in [-0.2, 0) is 13.0 Å². The molecule has 0 saturated carbocycles. The molecule has 2 aromatic carbocycles. The van der Waals surface area contributed by atoms with Gasteiger partial charge in [0.15, 0.2) is 5.96 Å². The largest absolute Gasteiger partial charge is 0.357 e. The van der Waals surface area contributed by atoms with Crippen LogP contribution in [0, 0.1) is 0 Å². The van der Waals surface area contributed by atoms with E-state index in [0.29, 0.717) is 18.7 Å². The van der Waals surface area contributed by atoms with Crippen LogP contribution in [0.3, 0.4) is 0 Å². The second-order valence-corrected chi connectivity index (χ2v) is 5.91. The third kappa shape index (κ3) is 6.59. The van der Waals surface area contributed by atoms with Crippen molar-refractivity contribution >= 4 is 11.9 Å². The molecule has 0 aliphatic rings. The van der Waals surface area contributed by atoms with E-state index in [0.717, 1.165) is 31.0 Å². The molecule has 0 aliphatic heterocycles. The van der Waals surface area contributed by atoms with Crippen LogP contribution in [-0.4, -0.2) is 31.5 Å². The van der Waals surface area contributed by atoms with E-state index in [1.165, 1.54) is 5.56 Å². The zero-order chi connectivity index (χ0) is 18.6. The van der Waals surface area contributed by atoms with E-state index in [1.54, 1.807) is 0 Å². The zero-order valence-corrected chi connectivity index (χ0v) is 15.6. The van der Waals surface area contributed by atoms with Crippen molar-refractivity contribution in [3.05, 3.63) is 71.3 Å². The van der Waals surface area contributed by atoms with E-state index >= 15 is 0 Å². The first-order valence-corrected chi connectivity index (χ1v) is 9.16. The average Bonchev–Trinajstić information content (AvgIpc) is 2.67. The Hall–Kier alpha value is -2.82. The van der Waals surface area contributed by atoms with Crippen molar-refractivity contribution in [3.8, 4) is 0 Å². The quantitative estimate of drug-likeness (QED) is 0.506. The summed E-state index contributed by atoms with van der Waals surface area (Å²) in [6.07, 6.45) is 0.951. The third-order valence-electron chi connectivity index (χ3n) is 3.87. The van der Waals surface area contributed by atoms with Crippen molar-refractivity contribution in [3.63, 3.8) is 0 Å². The van der Waals surface area contributed by atoms with Gasteiger partial charge in [0.25, 0.3) is 5.91 Å². The molecule has 0 atom stereocenters. The van der Waals surface area contributed by atoms with E-state index in [4.69, 9.17) is 0 Å². The summed E-state index contributed by atoms with van der Waals surface area (Å²) in [5.74, 6) is 0.759. The summed E-state index contributed by atoms with van der Waals surface area (Å²) in [4.78, 5) is 16.4. The van der Waals surface area contributed by atoms with Crippen LogP contribution < -0.4 is 16.0 Å². The predicted molar refractivity (Wildman–Crippen MR) is 107 cm³/mol. The van der Waals surface area contributed by atoms with Crippen LogP contribution in [0.1, 0.15) is 35.3 Å². The molecule has 1 amide bonds. The molecule has 0 heterocycles. The van der Waals surface area contributed by atoms with Crippen molar-refractivity contribution in [2.24, 2.45) is 4.99 Å². The maximum absolute atomic E-state index is 11.8. The van der Waals surface area contributed by atoms with Gasteiger partial charge in [-0.05, 0) is 43.5 Å². The number of nitrogens with zero attached hydrogens (tertiary/aromatic N) is 1. The smallest absolute Gasteiger partial charge is 0.251 e. The first kappa shape index (κ1) is 19.5. The van der Waals surface area contributed by atoms with Gasteiger partial charge in [-0.15, -0.1) is 0 Å². The lowest BCUT2D eigenvalue weighted by Gasteiger charge is -2.11. The van der Waals surface area contributed by atoms with E-state index in [9.17, 15) is 4.79 Å². The molecule has 138 valence electrons. The molecule has 3 N–H and O–H groups in total. The van der Waals surface area contributed by atoms with Gasteiger partial charge in [0.2, 0.25) is 0 Å². The lowest BCUT2D eigenvalue weighted by atomic mass is 10.1. The molecular formula is C21H28N4O. The summed E-state index contributed by atoms with van der Waals surface area (Å²) in [5.41, 5.74) is 3.04. The van der Waals surface area contributed by atoms with Crippen LogP contribution in [0.25, 0.3) is 0 Å². The minimum absolute atomic E-state index is 0.0431. The number of nitrogens with one attached hydrogen (secondary N) is 3. The van der Waals surface area contributed by atoms with Gasteiger partial charge in [-0.2, -0.15) is 0 Å². The summed E-state index contributed by atoms with van der Waals surface area (Å²) in [5, 5.41) is 9.42. The SMILES string of the molecule is CCNC(=O)c1ccc(CN=C(NCC)NCCc2ccccc2)cc1. The number of guanidine groups is 1. The fourth-order valence-electron chi connectivity index (χ4n) is 2.51. The number of benzene rings is 2. The standard InChI is InChI=1S/C21H28N4O/c1-3-22-20(26)19-12-10-18(11-13-19)16-25-21(23-4-2)24-15-14-17-8-6-5-7-9-17/h5-13H,3-4,14-16H2,1-2H3,(H,22,26)(H2,23,24,25). The summed E-state index contributed by atoms with van der Waals surface area (Å²) in [7, 11) is 0. The Balaban J connectivity index is 1.88. The van der Waals surface area contributed by atoms with Crippen LogP contribution in [0.15, 0.2) is 59.6 Å². The van der Waals surface area contributed by atoms with Crippen LogP contribution >= 0.6 is 0 Å². The van der Waals surface area contributed by atoms with Crippen LogP contribution in [0.5, 0.6) is 0 Å². The third-order valence-corrected chi connectivity index (χ3v) is 3.87. The van der Waals surface area contributed by atoms with Gasteiger partial charge in [0, 0.05) is 25.2 Å². The van der Waals surface area contributed by atoms with E-state index in [-0.39, 0.29) is 5.91 Å². The molecule has 0 radical (unpaired) electrons. The van der Waals surface area contributed by atoms with Gasteiger partial charge < -0.3 is 16.0 Å². The molecule has 26 heavy (non-hydrogen) atoms. The highest BCUT2D eigenvalue weighted by molar-refractivity contribution is 5.94. The highest BCUT2D eigenvalue weighted by Crippen LogP contribution is 2.06. The van der Waals surface area contributed by atoms with Crippen LogP contribution in [0.4, 0.5) is 0 Å². The Labute approximate surface area is 155 Å². The Bertz CT molecular complexity index is 696. The van der Waals surface area contributed by atoms with Gasteiger partial charge >= 0.3 is 0 Å². The van der Waals surface area contributed by atoms with Crippen molar-refractivity contribution in [2.75, 3.05) is 19.6 Å². The predicted octanol–water partition coefficient (Wildman–Crippen LogP) is 2.73. The van der Waals surface area contributed by atoms with Gasteiger partial charge in [-0.25, -0.2) is 4.99 Å². The Kier molecular flexibility index (Phi) is 8.19. The molecule has 0 saturated heterocycles. The van der Waals surface area contributed by atoms with E-state index < -0.39 is 0 Å². The summed E-state index contributed by atoms with van der Waals surface area (Å²) in [6, 6.07) is 18.0. The molecule has 5 heteroatoms. The zero-order valence-electron chi connectivity index (χ0n) is 15.6. The number of carbonyl (C=O) groups excluding carboxylic acids is 1. The summed E-state index contributed by atoms with van der Waals surface area (Å²) < 4.78 is 0. The van der Waals surface area contributed by atoms with Crippen molar-refractivity contribution in [1.82, 2.24) is 16.0 Å². The van der Waals surface area contributed by atoms with Gasteiger partial charge in [0.1, 0.15) is 0 Å². The molecule has 2 aromatic rings. The molecule has 5 nitrogen and oxygen atoms in total. The van der Waals surface area contributed by atoms with E-state index in [1.807, 2.05) is 37.3 Å². The number of hydrogen-bond donors (Lipinski definition) is 3. The molecule has 0 aromatic heterocycles. The first-order valence-electron chi connectivity index (χ1n) is 9.16. The van der Waals surface area contributed by atoms with Crippen LogP contribution in [0.2, 0.25) is 0 Å². The molecule has 2 rings (SSSR count). The summed E-state index contributed by atoms with van der Waals surface area (Å²) in [6.45, 7) is 6.80. The first-order chi connectivity index (χ1) is 12.7. The molecule has 0 fully saturated rings. The minimum atomic E-state index is -0.0431.